The molecule has 7 nitrogen and oxygen atoms in total. The monoisotopic (exact) mass is 601 g/mol. The van der Waals surface area contributed by atoms with Gasteiger partial charge in [0.15, 0.2) is 0 Å². The molecule has 10 heteroatoms. The van der Waals surface area contributed by atoms with E-state index >= 15 is 0 Å². The molecule has 0 saturated carbocycles. The molecule has 3 rings (SSSR count). The van der Waals surface area contributed by atoms with E-state index in [1.807, 2.05) is 50.2 Å². The fourth-order valence-corrected chi connectivity index (χ4v) is 5.62. The summed E-state index contributed by atoms with van der Waals surface area (Å²) in [4.78, 5) is 29.0. The van der Waals surface area contributed by atoms with Crippen molar-refractivity contribution in [2.24, 2.45) is 0 Å². The lowest BCUT2D eigenvalue weighted by atomic mass is 10.0. The van der Waals surface area contributed by atoms with Crippen LogP contribution < -0.4 is 9.62 Å². The van der Waals surface area contributed by atoms with Crippen LogP contribution in [0.2, 0.25) is 5.02 Å². The van der Waals surface area contributed by atoms with Crippen LogP contribution in [0.5, 0.6) is 0 Å². The van der Waals surface area contributed by atoms with Crippen molar-refractivity contribution < 1.29 is 22.4 Å². The van der Waals surface area contributed by atoms with Crippen LogP contribution in [0.4, 0.5) is 10.1 Å². The quantitative estimate of drug-likeness (QED) is 0.261. The van der Waals surface area contributed by atoms with Crippen molar-refractivity contribution in [3.05, 3.63) is 101 Å². The first-order valence-corrected chi connectivity index (χ1v) is 15.8. The van der Waals surface area contributed by atoms with Crippen molar-refractivity contribution in [1.29, 1.82) is 0 Å². The average molecular weight is 602 g/mol. The van der Waals surface area contributed by atoms with Gasteiger partial charge in [-0.1, -0.05) is 61.0 Å². The number of benzene rings is 3. The van der Waals surface area contributed by atoms with Gasteiger partial charge in [0.1, 0.15) is 11.9 Å². The highest BCUT2D eigenvalue weighted by Gasteiger charge is 2.31. The largest absolute Gasteiger partial charge is 0.352 e. The molecule has 220 valence electrons. The van der Waals surface area contributed by atoms with E-state index in [-0.39, 0.29) is 43.8 Å². The number of sulfonamides is 1. The topological polar surface area (TPSA) is 86.8 Å². The minimum atomic E-state index is -3.68. The molecule has 0 bridgehead atoms. The molecule has 41 heavy (non-hydrogen) atoms. The molecule has 0 radical (unpaired) electrons. The Bertz CT molecular complexity index is 1400. The molecule has 2 unspecified atom stereocenters. The van der Waals surface area contributed by atoms with Gasteiger partial charge >= 0.3 is 0 Å². The molecule has 1 N–H and O–H groups in total. The van der Waals surface area contributed by atoms with Crippen molar-refractivity contribution in [2.75, 3.05) is 17.1 Å². The lowest BCUT2D eigenvalue weighted by molar-refractivity contribution is -0.141. The van der Waals surface area contributed by atoms with Gasteiger partial charge in [0, 0.05) is 37.0 Å². The minimum Gasteiger partial charge on any atom is -0.352 e. The second-order valence-corrected chi connectivity index (χ2v) is 12.4. The van der Waals surface area contributed by atoms with Crippen LogP contribution in [-0.4, -0.2) is 50.0 Å². The fourth-order valence-electron chi connectivity index (χ4n) is 4.44. The number of hydrogen-bond acceptors (Lipinski definition) is 4. The number of halogens is 2. The highest BCUT2D eigenvalue weighted by Crippen LogP contribution is 2.21. The van der Waals surface area contributed by atoms with Crippen molar-refractivity contribution in [1.82, 2.24) is 10.2 Å². The van der Waals surface area contributed by atoms with E-state index in [2.05, 4.69) is 5.32 Å². The summed E-state index contributed by atoms with van der Waals surface area (Å²) in [6.07, 6.45) is 2.30. The molecule has 2 amide bonds. The number of rotatable bonds is 14. The molecule has 0 aliphatic rings. The third-order valence-corrected chi connectivity index (χ3v) is 8.21. The molecular weight excluding hydrogens is 565 g/mol. The van der Waals surface area contributed by atoms with E-state index in [4.69, 9.17) is 11.6 Å². The van der Waals surface area contributed by atoms with Gasteiger partial charge in [-0.3, -0.25) is 13.9 Å². The Balaban J connectivity index is 1.89. The molecule has 0 aliphatic carbocycles. The standard InChI is InChI=1S/C31H37ClFN3O4S/c1-4-23(2)34-31(38)29(21-24-10-6-5-7-11-24)35(22-25-12-8-13-26(32)20-25)30(37)14-9-19-36(41(3,39)40)28-17-15-27(33)16-18-28/h5-8,10-13,15-18,20,23,29H,4,9,14,19,21-22H2,1-3H3,(H,34,38). The SMILES string of the molecule is CCC(C)NC(=O)C(Cc1ccccc1)N(Cc1cccc(Cl)c1)C(=O)CCCN(c1ccc(F)cc1)S(C)(=O)=O. The molecule has 0 saturated heterocycles. The van der Waals surface area contributed by atoms with Crippen LogP contribution in [0.3, 0.4) is 0 Å². The third kappa shape index (κ3) is 9.86. The number of carbonyl (C=O) groups excluding carboxylic acids is 2. The first-order valence-electron chi connectivity index (χ1n) is 13.6. The normalized spacial score (nSPS) is 12.8. The van der Waals surface area contributed by atoms with Crippen molar-refractivity contribution in [3.63, 3.8) is 0 Å². The Morgan fingerprint density at radius 1 is 0.976 bits per heavy atom. The van der Waals surface area contributed by atoms with Crippen molar-refractivity contribution in [2.45, 2.75) is 58.2 Å². The zero-order valence-electron chi connectivity index (χ0n) is 23.6. The van der Waals surface area contributed by atoms with E-state index in [9.17, 15) is 22.4 Å². The minimum absolute atomic E-state index is 0.00428. The van der Waals surface area contributed by atoms with Crippen LogP contribution in [0.1, 0.15) is 44.2 Å². The number of nitrogens with zero attached hydrogens (tertiary/aromatic N) is 2. The smallest absolute Gasteiger partial charge is 0.243 e. The predicted molar refractivity (Wildman–Crippen MR) is 162 cm³/mol. The molecule has 0 aromatic heterocycles. The number of hydrogen-bond donors (Lipinski definition) is 1. The number of amides is 2. The second kappa shape index (κ2) is 15.0. The number of nitrogens with one attached hydrogen (secondary N) is 1. The Morgan fingerprint density at radius 3 is 2.24 bits per heavy atom. The molecule has 0 aliphatic heterocycles. The van der Waals surface area contributed by atoms with Gasteiger partial charge < -0.3 is 10.2 Å². The maximum atomic E-state index is 13.8. The zero-order chi connectivity index (χ0) is 30.0. The first-order chi connectivity index (χ1) is 19.5. The van der Waals surface area contributed by atoms with Crippen LogP contribution >= 0.6 is 11.6 Å². The Labute approximate surface area is 247 Å². The van der Waals surface area contributed by atoms with E-state index in [0.29, 0.717) is 17.1 Å². The highest BCUT2D eigenvalue weighted by atomic mass is 35.5. The zero-order valence-corrected chi connectivity index (χ0v) is 25.2. The van der Waals surface area contributed by atoms with Gasteiger partial charge in [0.05, 0.1) is 11.9 Å². The lowest BCUT2D eigenvalue weighted by Gasteiger charge is -2.32. The lowest BCUT2D eigenvalue weighted by Crippen LogP contribution is -2.52. The van der Waals surface area contributed by atoms with Gasteiger partial charge in [-0.05, 0) is 67.3 Å². The predicted octanol–water partition coefficient (Wildman–Crippen LogP) is 5.58. The number of anilines is 1. The average Bonchev–Trinajstić information content (AvgIpc) is 2.93. The summed E-state index contributed by atoms with van der Waals surface area (Å²) in [5.74, 6) is -1.03. The van der Waals surface area contributed by atoms with Gasteiger partial charge in [0.2, 0.25) is 21.8 Å². The summed E-state index contributed by atoms with van der Waals surface area (Å²) in [6, 6.07) is 20.9. The maximum Gasteiger partial charge on any atom is 0.243 e. The third-order valence-electron chi connectivity index (χ3n) is 6.78. The van der Waals surface area contributed by atoms with Crippen molar-refractivity contribution >= 4 is 39.1 Å². The Morgan fingerprint density at radius 2 is 1.63 bits per heavy atom. The van der Waals surface area contributed by atoms with Crippen LogP contribution in [-0.2, 0) is 32.6 Å². The summed E-state index contributed by atoms with van der Waals surface area (Å²) in [7, 11) is -3.68. The van der Waals surface area contributed by atoms with Crippen molar-refractivity contribution in [3.8, 4) is 0 Å². The molecule has 0 fully saturated rings. The van der Waals surface area contributed by atoms with Gasteiger partial charge in [-0.25, -0.2) is 12.8 Å². The van der Waals surface area contributed by atoms with E-state index in [1.54, 1.807) is 23.1 Å². The van der Waals surface area contributed by atoms with E-state index in [0.717, 1.165) is 28.1 Å². The molecular formula is C31H37ClFN3O4S. The molecule has 3 aromatic rings. The van der Waals surface area contributed by atoms with Crippen LogP contribution in [0, 0.1) is 5.82 Å². The summed E-state index contributed by atoms with van der Waals surface area (Å²) >= 11 is 6.23. The van der Waals surface area contributed by atoms with E-state index < -0.39 is 21.9 Å². The molecule has 2 atom stereocenters. The van der Waals surface area contributed by atoms with Gasteiger partial charge in [-0.15, -0.1) is 0 Å². The molecule has 3 aromatic carbocycles. The molecule has 0 heterocycles. The van der Waals surface area contributed by atoms with E-state index in [1.165, 1.54) is 24.3 Å². The van der Waals surface area contributed by atoms with Gasteiger partial charge in [0.25, 0.3) is 0 Å². The summed E-state index contributed by atoms with van der Waals surface area (Å²) in [5, 5.41) is 3.54. The first kappa shape index (κ1) is 32.1. The summed E-state index contributed by atoms with van der Waals surface area (Å²) < 4.78 is 39.6. The highest BCUT2D eigenvalue weighted by molar-refractivity contribution is 7.92. The molecule has 0 spiro atoms. The van der Waals surface area contributed by atoms with Crippen LogP contribution in [0.25, 0.3) is 0 Å². The second-order valence-electron chi connectivity index (χ2n) is 10.1. The Hall–Kier alpha value is -3.43. The maximum absolute atomic E-state index is 13.8. The van der Waals surface area contributed by atoms with Gasteiger partial charge in [-0.2, -0.15) is 0 Å². The van der Waals surface area contributed by atoms with Crippen LogP contribution in [0.15, 0.2) is 78.9 Å². The summed E-state index contributed by atoms with van der Waals surface area (Å²) in [5.41, 5.74) is 1.98. The Kier molecular flexibility index (Phi) is 11.7. The summed E-state index contributed by atoms with van der Waals surface area (Å²) in [6.45, 7) is 4.05. The number of carbonyl (C=O) groups is 2. The fraction of sp³-hybridized carbons (Fsp3) is 0.355.